The molecule has 0 N–H and O–H groups in total. The molecule has 1 aromatic heterocycles. The van der Waals surface area contributed by atoms with Crippen molar-refractivity contribution in [1.82, 2.24) is 4.98 Å². The van der Waals surface area contributed by atoms with Gasteiger partial charge in [-0.25, -0.2) is 17.8 Å². The first-order valence-corrected chi connectivity index (χ1v) is 7.48. The second kappa shape index (κ2) is 5.68. The van der Waals surface area contributed by atoms with Crippen LogP contribution < -0.4 is 4.31 Å². The third-order valence-electron chi connectivity index (χ3n) is 2.75. The SMILES string of the molecule is CN(c1ccc(Cl)cn1)S(=O)(=O)c1ccc(F)c(C#N)c1. The minimum absolute atomic E-state index is 0.155. The molecule has 0 aliphatic rings. The topological polar surface area (TPSA) is 74.1 Å². The third kappa shape index (κ3) is 2.96. The summed E-state index contributed by atoms with van der Waals surface area (Å²) in [5, 5.41) is 9.14. The van der Waals surface area contributed by atoms with E-state index in [0.29, 0.717) is 5.02 Å². The predicted octanol–water partition coefficient (Wildman–Crippen LogP) is 2.57. The first kappa shape index (κ1) is 15.2. The van der Waals surface area contributed by atoms with Gasteiger partial charge in [0.15, 0.2) is 0 Å². The minimum atomic E-state index is -3.94. The van der Waals surface area contributed by atoms with Crippen molar-refractivity contribution in [3.8, 4) is 6.07 Å². The van der Waals surface area contributed by atoms with E-state index in [1.54, 1.807) is 6.07 Å². The highest BCUT2D eigenvalue weighted by Gasteiger charge is 2.23. The van der Waals surface area contributed by atoms with Crippen molar-refractivity contribution in [3.05, 3.63) is 52.9 Å². The molecule has 0 radical (unpaired) electrons. The van der Waals surface area contributed by atoms with Crippen molar-refractivity contribution < 1.29 is 12.8 Å². The van der Waals surface area contributed by atoms with Crippen LogP contribution in [0.3, 0.4) is 0 Å². The molecule has 0 atom stereocenters. The van der Waals surface area contributed by atoms with Gasteiger partial charge in [-0.2, -0.15) is 5.26 Å². The molecule has 0 aliphatic heterocycles. The Kier molecular flexibility index (Phi) is 4.11. The lowest BCUT2D eigenvalue weighted by Gasteiger charge is -2.18. The van der Waals surface area contributed by atoms with Crippen molar-refractivity contribution in [2.75, 3.05) is 11.4 Å². The van der Waals surface area contributed by atoms with Gasteiger partial charge < -0.3 is 0 Å². The Hall–Kier alpha value is -2.17. The van der Waals surface area contributed by atoms with Gasteiger partial charge in [-0.15, -0.1) is 0 Å². The van der Waals surface area contributed by atoms with E-state index < -0.39 is 15.8 Å². The van der Waals surface area contributed by atoms with Gasteiger partial charge in [-0.05, 0) is 30.3 Å². The fourth-order valence-corrected chi connectivity index (χ4v) is 2.88. The number of pyridine rings is 1. The zero-order valence-corrected chi connectivity index (χ0v) is 12.4. The van der Waals surface area contributed by atoms with E-state index in [9.17, 15) is 12.8 Å². The van der Waals surface area contributed by atoms with Crippen molar-refractivity contribution in [2.24, 2.45) is 0 Å². The number of hydrogen-bond donors (Lipinski definition) is 0. The molecule has 0 aliphatic carbocycles. The van der Waals surface area contributed by atoms with Gasteiger partial charge in [-0.1, -0.05) is 11.6 Å². The van der Waals surface area contributed by atoms with E-state index in [2.05, 4.69) is 4.98 Å². The van der Waals surface area contributed by atoms with Crippen LogP contribution in [-0.2, 0) is 10.0 Å². The van der Waals surface area contributed by atoms with Crippen LogP contribution in [0.5, 0.6) is 0 Å². The molecule has 108 valence electrons. The summed E-state index contributed by atoms with van der Waals surface area (Å²) in [6.45, 7) is 0. The molecule has 1 heterocycles. The maximum absolute atomic E-state index is 13.3. The average Bonchev–Trinajstić information content (AvgIpc) is 2.47. The minimum Gasteiger partial charge on any atom is -0.253 e. The Balaban J connectivity index is 2.47. The number of rotatable bonds is 3. The zero-order chi connectivity index (χ0) is 15.6. The molecule has 1 aromatic carbocycles. The van der Waals surface area contributed by atoms with Crippen molar-refractivity contribution >= 4 is 27.4 Å². The quantitative estimate of drug-likeness (QED) is 0.869. The summed E-state index contributed by atoms with van der Waals surface area (Å²) in [5.74, 6) is -0.619. The molecule has 21 heavy (non-hydrogen) atoms. The highest BCUT2D eigenvalue weighted by molar-refractivity contribution is 7.92. The molecule has 2 rings (SSSR count). The summed E-state index contributed by atoms with van der Waals surface area (Å²) in [7, 11) is -2.64. The number of nitriles is 1. The number of aromatic nitrogens is 1. The van der Waals surface area contributed by atoms with Crippen LogP contribution in [0.1, 0.15) is 5.56 Å². The number of sulfonamides is 1. The number of anilines is 1. The number of hydrogen-bond acceptors (Lipinski definition) is 4. The molecule has 0 spiro atoms. The second-order valence-electron chi connectivity index (χ2n) is 4.06. The highest BCUT2D eigenvalue weighted by atomic mass is 35.5. The molecule has 8 heteroatoms. The van der Waals surface area contributed by atoms with Crippen molar-refractivity contribution in [2.45, 2.75) is 4.90 Å². The molecule has 2 aromatic rings. The summed E-state index contributed by atoms with van der Waals surface area (Å²) >= 11 is 5.70. The Morgan fingerprint density at radius 1 is 1.33 bits per heavy atom. The normalized spacial score (nSPS) is 11.0. The van der Waals surface area contributed by atoms with E-state index in [-0.39, 0.29) is 16.3 Å². The van der Waals surface area contributed by atoms with Crippen LogP contribution in [0.15, 0.2) is 41.4 Å². The van der Waals surface area contributed by atoms with Crippen LogP contribution in [0, 0.1) is 17.1 Å². The lowest BCUT2D eigenvalue weighted by molar-refractivity contribution is 0.592. The summed E-state index contributed by atoms with van der Waals surface area (Å²) in [5.41, 5.74) is -0.339. The lowest BCUT2D eigenvalue weighted by Crippen LogP contribution is -2.27. The Morgan fingerprint density at radius 2 is 2.05 bits per heavy atom. The molecular weight excluding hydrogens is 317 g/mol. The van der Waals surface area contributed by atoms with Gasteiger partial charge in [0.05, 0.1) is 15.5 Å². The predicted molar refractivity (Wildman–Crippen MR) is 76.0 cm³/mol. The summed E-state index contributed by atoms with van der Waals surface area (Å²) < 4.78 is 39.0. The Morgan fingerprint density at radius 3 is 2.62 bits per heavy atom. The number of halogens is 2. The standard InChI is InChI=1S/C13H9ClFN3O2S/c1-18(13-5-2-10(14)8-17-13)21(19,20)11-3-4-12(15)9(6-11)7-16/h2-6,8H,1H3. The zero-order valence-electron chi connectivity index (χ0n) is 10.8. The second-order valence-corrected chi connectivity index (χ2v) is 6.47. The van der Waals surface area contributed by atoms with Crippen LogP contribution in [0.4, 0.5) is 10.2 Å². The van der Waals surface area contributed by atoms with Gasteiger partial charge in [0.2, 0.25) is 0 Å². The summed E-state index contributed by atoms with van der Waals surface area (Å²) in [6.07, 6.45) is 1.31. The molecule has 0 fully saturated rings. The highest BCUT2D eigenvalue weighted by Crippen LogP contribution is 2.22. The fraction of sp³-hybridized carbons (Fsp3) is 0.0769. The van der Waals surface area contributed by atoms with Crippen LogP contribution in [-0.4, -0.2) is 20.4 Å². The fourth-order valence-electron chi connectivity index (χ4n) is 1.59. The molecule has 5 nitrogen and oxygen atoms in total. The van der Waals surface area contributed by atoms with Gasteiger partial charge in [0, 0.05) is 13.2 Å². The maximum Gasteiger partial charge on any atom is 0.265 e. The Bertz CT molecular complexity index is 816. The molecular formula is C13H9ClFN3O2S. The maximum atomic E-state index is 13.3. The van der Waals surface area contributed by atoms with Crippen molar-refractivity contribution in [3.63, 3.8) is 0 Å². The molecule has 0 saturated carbocycles. The lowest BCUT2D eigenvalue weighted by atomic mass is 10.2. The van der Waals surface area contributed by atoms with Gasteiger partial charge in [0.1, 0.15) is 17.7 Å². The smallest absolute Gasteiger partial charge is 0.253 e. The molecule has 0 unspecified atom stereocenters. The molecule has 0 bridgehead atoms. The Labute approximate surface area is 126 Å². The largest absolute Gasteiger partial charge is 0.265 e. The first-order chi connectivity index (χ1) is 9.86. The van der Waals surface area contributed by atoms with E-state index >= 15 is 0 Å². The number of benzene rings is 1. The van der Waals surface area contributed by atoms with E-state index in [4.69, 9.17) is 16.9 Å². The summed E-state index contributed by atoms with van der Waals surface area (Å²) in [4.78, 5) is 3.71. The average molecular weight is 326 g/mol. The van der Waals surface area contributed by atoms with Crippen LogP contribution in [0.25, 0.3) is 0 Å². The third-order valence-corrected chi connectivity index (χ3v) is 4.73. The van der Waals surface area contributed by atoms with Crippen LogP contribution in [0.2, 0.25) is 5.02 Å². The van der Waals surface area contributed by atoms with Crippen LogP contribution >= 0.6 is 11.6 Å². The van der Waals surface area contributed by atoms with Gasteiger partial charge >= 0.3 is 0 Å². The van der Waals surface area contributed by atoms with Crippen molar-refractivity contribution in [1.29, 1.82) is 5.26 Å². The van der Waals surface area contributed by atoms with Gasteiger partial charge in [0.25, 0.3) is 10.0 Å². The first-order valence-electron chi connectivity index (χ1n) is 5.66. The molecule has 0 amide bonds. The van der Waals surface area contributed by atoms with E-state index in [1.165, 1.54) is 25.4 Å². The monoisotopic (exact) mass is 325 g/mol. The molecule has 0 saturated heterocycles. The van der Waals surface area contributed by atoms with Gasteiger partial charge in [-0.3, -0.25) is 4.31 Å². The van der Waals surface area contributed by atoms with E-state index in [0.717, 1.165) is 22.5 Å². The summed E-state index contributed by atoms with van der Waals surface area (Å²) in [6, 6.07) is 7.56. The number of nitrogens with zero attached hydrogens (tertiary/aromatic N) is 3. The van der Waals surface area contributed by atoms with E-state index in [1.807, 2.05) is 0 Å².